The lowest BCUT2D eigenvalue weighted by atomic mass is 9.81. The van der Waals surface area contributed by atoms with Crippen LogP contribution in [0.1, 0.15) is 59.4 Å². The van der Waals surface area contributed by atoms with Crippen molar-refractivity contribution in [3.63, 3.8) is 0 Å². The van der Waals surface area contributed by atoms with E-state index in [1.54, 1.807) is 26.8 Å². The molecule has 0 spiro atoms. The number of nitrogens with zero attached hydrogens (tertiary/aromatic N) is 1. The Morgan fingerprint density at radius 1 is 1.45 bits per heavy atom. The number of anilines is 1. The van der Waals surface area contributed by atoms with Gasteiger partial charge in [0.2, 0.25) is 0 Å². The molecule has 0 aromatic heterocycles. The molecule has 1 N–H and O–H groups in total. The van der Waals surface area contributed by atoms with Gasteiger partial charge in [0.05, 0.1) is 17.8 Å². The summed E-state index contributed by atoms with van der Waals surface area (Å²) in [5.41, 5.74) is 0.628. The number of aliphatic hydroxyl groups excluding tert-OH is 1. The highest BCUT2D eigenvalue weighted by Crippen LogP contribution is 2.45. The zero-order chi connectivity index (χ0) is 21.8. The second-order valence-corrected chi connectivity index (χ2v) is 9.19. The summed E-state index contributed by atoms with van der Waals surface area (Å²) in [6.07, 6.45) is 3.17. The van der Waals surface area contributed by atoms with Crippen molar-refractivity contribution in [2.24, 2.45) is 5.92 Å². The number of aliphatic hydroxyl groups is 1. The van der Waals surface area contributed by atoms with Gasteiger partial charge >= 0.3 is 6.16 Å². The number of hydrogen-bond acceptors (Lipinski definition) is 6. The van der Waals surface area contributed by atoms with E-state index < -0.39 is 11.8 Å². The zero-order valence-corrected chi connectivity index (χ0v) is 18.5. The van der Waals surface area contributed by atoms with E-state index in [9.17, 15) is 9.90 Å². The van der Waals surface area contributed by atoms with Gasteiger partial charge in [-0.05, 0) is 58.6 Å². The van der Waals surface area contributed by atoms with E-state index in [-0.39, 0.29) is 18.2 Å². The lowest BCUT2D eigenvalue weighted by Gasteiger charge is -2.39. The van der Waals surface area contributed by atoms with Gasteiger partial charge in [0.1, 0.15) is 17.5 Å². The van der Waals surface area contributed by atoms with E-state index in [2.05, 4.69) is 20.4 Å². The van der Waals surface area contributed by atoms with Crippen molar-refractivity contribution in [2.45, 2.75) is 78.0 Å². The monoisotopic (exact) mass is 405 g/mol. The molecule has 1 aromatic rings. The molecule has 0 aliphatic carbocycles. The molecular formula is C23H35NO5. The largest absolute Gasteiger partial charge is 0.514 e. The molecule has 162 valence electrons. The maximum Gasteiger partial charge on any atom is 0.514 e. The highest BCUT2D eigenvalue weighted by molar-refractivity contribution is 5.68. The molecule has 0 saturated carbocycles. The van der Waals surface area contributed by atoms with Gasteiger partial charge in [-0.3, -0.25) is 4.84 Å². The van der Waals surface area contributed by atoms with E-state index in [1.807, 2.05) is 30.2 Å². The fourth-order valence-electron chi connectivity index (χ4n) is 3.95. The molecule has 1 aromatic carbocycles. The molecule has 0 radical (unpaired) electrons. The van der Waals surface area contributed by atoms with Crippen LogP contribution < -0.4 is 9.80 Å². The smallest absolute Gasteiger partial charge is 0.428 e. The van der Waals surface area contributed by atoms with Crippen LogP contribution >= 0.6 is 0 Å². The number of hydrogen-bond donors (Lipinski definition) is 1. The fourth-order valence-corrected chi connectivity index (χ4v) is 3.95. The van der Waals surface area contributed by atoms with Crippen LogP contribution in [0, 0.1) is 12.8 Å². The van der Waals surface area contributed by atoms with Gasteiger partial charge in [0.25, 0.3) is 0 Å². The lowest BCUT2D eigenvalue weighted by molar-refractivity contribution is 0.0202. The molecular weight excluding hydrogens is 370 g/mol. The van der Waals surface area contributed by atoms with Crippen molar-refractivity contribution in [3.05, 3.63) is 36.4 Å². The third kappa shape index (κ3) is 5.73. The minimum absolute atomic E-state index is 0.0549. The van der Waals surface area contributed by atoms with Gasteiger partial charge in [0, 0.05) is 12.0 Å². The Labute approximate surface area is 174 Å². The molecule has 0 amide bonds. The van der Waals surface area contributed by atoms with E-state index in [0.717, 1.165) is 24.1 Å². The Morgan fingerprint density at radius 3 is 2.69 bits per heavy atom. The maximum absolute atomic E-state index is 12.2. The van der Waals surface area contributed by atoms with Crippen molar-refractivity contribution in [3.8, 4) is 5.75 Å². The van der Waals surface area contributed by atoms with Gasteiger partial charge in [-0.25, -0.2) is 9.86 Å². The predicted molar refractivity (Wildman–Crippen MR) is 114 cm³/mol. The summed E-state index contributed by atoms with van der Waals surface area (Å²) in [7, 11) is 0. The third-order valence-electron chi connectivity index (χ3n) is 4.87. The SMILES string of the molecule is C=CCC1(CC(C)C)CC(CO)ON1c1cccc(OC(=O)OC(C)(C)C)c1C. The van der Waals surface area contributed by atoms with Crippen LogP contribution in [-0.4, -0.2) is 35.1 Å². The highest BCUT2D eigenvalue weighted by atomic mass is 16.7. The molecule has 6 nitrogen and oxygen atoms in total. The number of carbonyl (C=O) groups excluding carboxylic acids is 1. The van der Waals surface area contributed by atoms with Gasteiger partial charge in [-0.2, -0.15) is 0 Å². The number of carbonyl (C=O) groups is 1. The van der Waals surface area contributed by atoms with Gasteiger partial charge in [-0.15, -0.1) is 6.58 Å². The molecule has 1 aliphatic heterocycles. The van der Waals surface area contributed by atoms with E-state index in [0.29, 0.717) is 18.1 Å². The van der Waals surface area contributed by atoms with Crippen LogP contribution in [0.25, 0.3) is 0 Å². The van der Waals surface area contributed by atoms with Gasteiger partial charge < -0.3 is 14.6 Å². The molecule has 1 saturated heterocycles. The second kappa shape index (κ2) is 9.18. The Hall–Kier alpha value is -2.05. The Bertz CT molecular complexity index is 724. The summed E-state index contributed by atoms with van der Waals surface area (Å²) >= 11 is 0. The summed E-state index contributed by atoms with van der Waals surface area (Å²) in [5, 5.41) is 11.6. The molecule has 2 unspecified atom stereocenters. The van der Waals surface area contributed by atoms with Crippen LogP contribution in [0.3, 0.4) is 0 Å². The minimum Gasteiger partial charge on any atom is -0.428 e. The zero-order valence-electron chi connectivity index (χ0n) is 18.5. The van der Waals surface area contributed by atoms with Crippen molar-refractivity contribution >= 4 is 11.8 Å². The molecule has 2 atom stereocenters. The number of benzene rings is 1. The number of ether oxygens (including phenoxy) is 2. The van der Waals surface area contributed by atoms with Crippen LogP contribution in [-0.2, 0) is 9.57 Å². The van der Waals surface area contributed by atoms with Crippen molar-refractivity contribution < 1.29 is 24.2 Å². The number of rotatable bonds is 7. The first-order valence-electron chi connectivity index (χ1n) is 10.2. The third-order valence-corrected chi connectivity index (χ3v) is 4.87. The molecule has 0 bridgehead atoms. The fraction of sp³-hybridized carbons (Fsp3) is 0.609. The van der Waals surface area contributed by atoms with Crippen molar-refractivity contribution in [2.75, 3.05) is 11.7 Å². The average Bonchev–Trinajstić information content (AvgIpc) is 2.93. The molecule has 29 heavy (non-hydrogen) atoms. The molecule has 1 aliphatic rings. The Morgan fingerprint density at radius 2 is 2.14 bits per heavy atom. The van der Waals surface area contributed by atoms with Crippen LogP contribution in [0.15, 0.2) is 30.9 Å². The first-order chi connectivity index (χ1) is 13.5. The van der Waals surface area contributed by atoms with Gasteiger partial charge in [-0.1, -0.05) is 26.0 Å². The summed E-state index contributed by atoms with van der Waals surface area (Å²) < 4.78 is 10.7. The second-order valence-electron chi connectivity index (χ2n) is 9.19. The maximum atomic E-state index is 12.2. The highest BCUT2D eigenvalue weighted by Gasteiger charge is 2.47. The molecule has 1 heterocycles. The normalized spacial score (nSPS) is 22.1. The quantitative estimate of drug-likeness (QED) is 0.383. The first-order valence-corrected chi connectivity index (χ1v) is 10.2. The predicted octanol–water partition coefficient (Wildman–Crippen LogP) is 5.17. The van der Waals surface area contributed by atoms with Crippen molar-refractivity contribution in [1.82, 2.24) is 0 Å². The average molecular weight is 406 g/mol. The molecule has 6 heteroatoms. The summed E-state index contributed by atoms with van der Waals surface area (Å²) in [4.78, 5) is 18.3. The van der Waals surface area contributed by atoms with Gasteiger partial charge in [0.15, 0.2) is 0 Å². The van der Waals surface area contributed by atoms with Crippen molar-refractivity contribution in [1.29, 1.82) is 0 Å². The van der Waals surface area contributed by atoms with Crippen LogP contribution in [0.4, 0.5) is 10.5 Å². The number of hydroxylamine groups is 1. The Balaban J connectivity index is 2.40. The summed E-state index contributed by atoms with van der Waals surface area (Å²) in [5.74, 6) is 0.852. The lowest BCUT2D eigenvalue weighted by Crippen LogP contribution is -2.44. The van der Waals surface area contributed by atoms with E-state index in [4.69, 9.17) is 14.3 Å². The standard InChI is InChI=1S/C23H35NO5/c1-8-12-23(13-16(2)3)14-18(15-25)29-24(23)19-10-9-11-20(17(19)4)27-21(26)28-22(5,6)7/h8-11,16,18,25H,1,12-15H2,2-7H3. The minimum atomic E-state index is -0.743. The first kappa shape index (κ1) is 23.2. The summed E-state index contributed by atoms with van der Waals surface area (Å²) in [6, 6.07) is 5.50. The Kier molecular flexibility index (Phi) is 7.35. The van der Waals surface area contributed by atoms with E-state index >= 15 is 0 Å². The topological polar surface area (TPSA) is 68.2 Å². The molecule has 2 rings (SSSR count). The van der Waals surface area contributed by atoms with Crippen LogP contribution in [0.5, 0.6) is 5.75 Å². The van der Waals surface area contributed by atoms with Crippen LogP contribution in [0.2, 0.25) is 0 Å². The summed E-state index contributed by atoms with van der Waals surface area (Å²) in [6.45, 7) is 15.5. The van der Waals surface area contributed by atoms with E-state index in [1.165, 1.54) is 0 Å². The molecule has 1 fully saturated rings.